The van der Waals surface area contributed by atoms with Crippen LogP contribution in [0.1, 0.15) is 32.1 Å². The van der Waals surface area contributed by atoms with Crippen LogP contribution >= 0.6 is 11.6 Å². The minimum absolute atomic E-state index is 0.610. The van der Waals surface area contributed by atoms with E-state index in [9.17, 15) is 5.11 Å². The summed E-state index contributed by atoms with van der Waals surface area (Å²) >= 11 is 5.38. The third-order valence-corrected chi connectivity index (χ3v) is 7.65. The Morgan fingerprint density at radius 1 is 1.26 bits per heavy atom. The molecule has 0 amide bonds. The molecule has 104 valence electrons. The van der Waals surface area contributed by atoms with Crippen LogP contribution in [0.15, 0.2) is 33.4 Å². The molecule has 0 spiro atoms. The van der Waals surface area contributed by atoms with E-state index in [4.69, 9.17) is 16.3 Å². The van der Waals surface area contributed by atoms with Gasteiger partial charge in [-0.25, -0.2) is 0 Å². The maximum absolute atomic E-state index is 10.7. The molecule has 0 atom stereocenters. The van der Waals surface area contributed by atoms with Crippen molar-refractivity contribution in [2.45, 2.75) is 37.7 Å². The molecule has 1 fully saturated rings. The van der Waals surface area contributed by atoms with E-state index in [-0.39, 0.29) is 0 Å². The van der Waals surface area contributed by atoms with Crippen LogP contribution in [0.25, 0.3) is 0 Å². The van der Waals surface area contributed by atoms with Crippen LogP contribution in [-0.2, 0) is 0 Å². The quantitative estimate of drug-likeness (QED) is 0.796. The number of benzene rings is 1. The summed E-state index contributed by atoms with van der Waals surface area (Å²) in [6.07, 6.45) is 5.13. The number of hydrogen-bond donors (Lipinski definition) is 1. The second-order valence-corrected chi connectivity index (χ2v) is 8.24. The topological polar surface area (TPSA) is 29.5 Å². The van der Waals surface area contributed by atoms with Crippen molar-refractivity contribution in [2.24, 2.45) is 0 Å². The number of aliphatic hydroxyl groups is 1. The Morgan fingerprint density at radius 2 is 1.89 bits per heavy atom. The van der Waals surface area contributed by atoms with Gasteiger partial charge in [-0.1, -0.05) is 0 Å². The second kappa shape index (κ2) is 6.99. The molecule has 0 radical (unpaired) electrons. The fourth-order valence-electron chi connectivity index (χ4n) is 2.37. The van der Waals surface area contributed by atoms with Crippen molar-refractivity contribution in [3.8, 4) is 5.75 Å². The molecule has 1 N–H and O–H groups in total. The van der Waals surface area contributed by atoms with Gasteiger partial charge in [0, 0.05) is 0 Å². The van der Waals surface area contributed by atoms with Crippen molar-refractivity contribution in [3.63, 3.8) is 0 Å². The van der Waals surface area contributed by atoms with Crippen LogP contribution in [0.5, 0.6) is 5.75 Å². The van der Waals surface area contributed by atoms with Crippen LogP contribution < -0.4 is 8.35 Å². The summed E-state index contributed by atoms with van der Waals surface area (Å²) in [6, 6.07) is 8.09. The summed E-state index contributed by atoms with van der Waals surface area (Å²) in [5.41, 5.74) is 0.972. The molecule has 1 aromatic carbocycles. The van der Waals surface area contributed by atoms with Gasteiger partial charge in [-0.05, 0) is 0 Å². The predicted molar refractivity (Wildman–Crippen MR) is 80.4 cm³/mol. The molecule has 1 aromatic rings. The van der Waals surface area contributed by atoms with Gasteiger partial charge in [0.05, 0.1) is 0 Å². The average molecular weight is 394 g/mol. The van der Waals surface area contributed by atoms with Crippen molar-refractivity contribution >= 4 is 36.1 Å². The molecule has 0 bridgehead atoms. The summed E-state index contributed by atoms with van der Waals surface area (Å²) in [6.45, 7) is 0. The van der Waals surface area contributed by atoms with E-state index in [0.29, 0.717) is 0 Å². The fourth-order valence-corrected chi connectivity index (χ4v) is 5.63. The van der Waals surface area contributed by atoms with Gasteiger partial charge < -0.3 is 0 Å². The standard InChI is InChI=1S/C15H19ClO2Te/c1-18-12-5-7-13(8-6-12)19-14(11-16)15(17)9-3-2-4-10-15/h5-8,11,17H,2-4,9-10H2,1H3/b14-11+. The van der Waals surface area contributed by atoms with E-state index in [1.165, 1.54) is 10.0 Å². The molecule has 1 aliphatic carbocycles. The molecule has 2 rings (SSSR count). The van der Waals surface area contributed by atoms with Crippen molar-refractivity contribution in [1.29, 1.82) is 0 Å². The number of ether oxygens (including phenoxy) is 1. The van der Waals surface area contributed by atoms with Gasteiger partial charge in [-0.2, -0.15) is 0 Å². The van der Waals surface area contributed by atoms with E-state index in [0.717, 1.165) is 35.1 Å². The summed E-state index contributed by atoms with van der Waals surface area (Å²) in [5.74, 6) is 0.865. The van der Waals surface area contributed by atoms with Gasteiger partial charge in [0.1, 0.15) is 0 Å². The SMILES string of the molecule is COc1ccc([Te]/C(=C/Cl)C2(O)CCCCC2)cc1. The molecule has 19 heavy (non-hydrogen) atoms. The Labute approximate surface area is 129 Å². The molecule has 0 unspecified atom stereocenters. The van der Waals surface area contributed by atoms with Crippen LogP contribution in [0.2, 0.25) is 0 Å². The summed E-state index contributed by atoms with van der Waals surface area (Å²) in [5, 5.41) is 10.7. The maximum atomic E-state index is 10.7. The molecular weight excluding hydrogens is 375 g/mol. The van der Waals surface area contributed by atoms with Crippen molar-refractivity contribution in [1.82, 2.24) is 0 Å². The first kappa shape index (κ1) is 15.2. The van der Waals surface area contributed by atoms with E-state index < -0.39 is 26.5 Å². The summed E-state index contributed by atoms with van der Waals surface area (Å²) in [7, 11) is 1.67. The van der Waals surface area contributed by atoms with Gasteiger partial charge in [-0.3, -0.25) is 0 Å². The number of rotatable bonds is 4. The molecule has 1 saturated carbocycles. The van der Waals surface area contributed by atoms with Crippen molar-refractivity contribution in [3.05, 3.63) is 33.4 Å². The van der Waals surface area contributed by atoms with Crippen LogP contribution in [0.4, 0.5) is 0 Å². The molecule has 0 aromatic heterocycles. The zero-order chi connectivity index (χ0) is 13.7. The Morgan fingerprint density at radius 3 is 2.42 bits per heavy atom. The Hall–Kier alpha value is -0.200. The third-order valence-electron chi connectivity index (χ3n) is 3.53. The summed E-state index contributed by atoms with van der Waals surface area (Å²) in [4.78, 5) is 0. The molecule has 0 heterocycles. The monoisotopic (exact) mass is 396 g/mol. The van der Waals surface area contributed by atoms with Crippen LogP contribution in [0.3, 0.4) is 0 Å². The first-order chi connectivity index (χ1) is 9.18. The number of hydrogen-bond acceptors (Lipinski definition) is 2. The molecule has 0 saturated heterocycles. The zero-order valence-corrected chi connectivity index (χ0v) is 14.2. The van der Waals surface area contributed by atoms with Gasteiger partial charge in [-0.15, -0.1) is 0 Å². The van der Waals surface area contributed by atoms with E-state index in [1.54, 1.807) is 12.6 Å². The van der Waals surface area contributed by atoms with Crippen molar-refractivity contribution in [2.75, 3.05) is 7.11 Å². The van der Waals surface area contributed by atoms with E-state index in [1.807, 2.05) is 12.1 Å². The van der Waals surface area contributed by atoms with Gasteiger partial charge in [0.2, 0.25) is 0 Å². The van der Waals surface area contributed by atoms with Gasteiger partial charge in [0.15, 0.2) is 0 Å². The van der Waals surface area contributed by atoms with Crippen molar-refractivity contribution < 1.29 is 9.84 Å². The molecule has 4 heteroatoms. The molecule has 0 aliphatic heterocycles. The fraction of sp³-hybridized carbons (Fsp3) is 0.467. The predicted octanol–water partition coefficient (Wildman–Crippen LogP) is 2.80. The zero-order valence-electron chi connectivity index (χ0n) is 11.1. The van der Waals surface area contributed by atoms with Crippen LogP contribution in [0, 0.1) is 0 Å². The Bertz CT molecular complexity index is 436. The van der Waals surface area contributed by atoms with Gasteiger partial charge >= 0.3 is 130 Å². The number of methoxy groups -OCH3 is 1. The second-order valence-electron chi connectivity index (χ2n) is 4.84. The third kappa shape index (κ3) is 3.89. The number of halogens is 1. The first-order valence-electron chi connectivity index (χ1n) is 6.53. The minimum atomic E-state index is -0.651. The molecule has 1 aliphatic rings. The van der Waals surface area contributed by atoms with E-state index in [2.05, 4.69) is 12.1 Å². The summed E-state index contributed by atoms with van der Waals surface area (Å²) < 4.78 is 7.50. The van der Waals surface area contributed by atoms with Crippen LogP contribution in [-0.4, -0.2) is 38.7 Å². The molecule has 2 nitrogen and oxygen atoms in total. The molecular formula is C15H19ClO2Te. The average Bonchev–Trinajstić information content (AvgIpc) is 2.46. The Balaban J connectivity index is 2.10. The normalized spacial score (nSPS) is 19.2. The first-order valence-corrected chi connectivity index (χ1v) is 9.30. The Kier molecular flexibility index (Phi) is 5.59. The van der Waals surface area contributed by atoms with E-state index >= 15 is 0 Å². The van der Waals surface area contributed by atoms with Gasteiger partial charge in [0.25, 0.3) is 0 Å².